The van der Waals surface area contributed by atoms with E-state index in [1.807, 2.05) is 17.5 Å². The van der Waals surface area contributed by atoms with Crippen LogP contribution in [-0.4, -0.2) is 19.5 Å². The molecule has 0 N–H and O–H groups in total. The molecule has 0 bridgehead atoms. The Kier molecular flexibility index (Phi) is 5.67. The van der Waals surface area contributed by atoms with Crippen molar-refractivity contribution in [1.82, 2.24) is 19.5 Å². The Bertz CT molecular complexity index is 3100. The van der Waals surface area contributed by atoms with Crippen molar-refractivity contribution >= 4 is 95.9 Å². The highest BCUT2D eigenvalue weighted by Crippen LogP contribution is 2.51. The monoisotopic (exact) mass is 660 g/mol. The highest BCUT2D eigenvalue weighted by atomic mass is 32.1. The maximum Gasteiger partial charge on any atom is 0.235 e. The van der Waals surface area contributed by atoms with Crippen LogP contribution in [-0.2, 0) is 0 Å². The maximum atomic E-state index is 5.45. The summed E-state index contributed by atoms with van der Waals surface area (Å²) < 4.78 is 6.12. The van der Waals surface area contributed by atoms with Crippen LogP contribution >= 0.6 is 22.7 Å². The number of rotatable bonds is 3. The highest BCUT2D eigenvalue weighted by molar-refractivity contribution is 7.30. The largest absolute Gasteiger partial charge is 0.276 e. The summed E-state index contributed by atoms with van der Waals surface area (Å²) in [4.78, 5) is 16.7. The Morgan fingerprint density at radius 2 is 1.16 bits per heavy atom. The standard InChI is InChI=1S/C43H24N4S2/c1-2-11-25(12-3-1)26-20-22-27(23-21-26)38-28-13-4-7-17-32(28)45-43(46-38)47-33-18-8-5-14-29(33)35-36-31-16-10-24-44-42(31)49-40(36)37-30-15-6-9-19-34(30)48-41(37)39(35)47/h1-24H. The van der Waals surface area contributed by atoms with E-state index < -0.39 is 0 Å². The van der Waals surface area contributed by atoms with Crippen LogP contribution in [0.25, 0.3) is 102 Å². The topological polar surface area (TPSA) is 43.6 Å². The fourth-order valence-electron chi connectivity index (χ4n) is 7.55. The summed E-state index contributed by atoms with van der Waals surface area (Å²) in [5.74, 6) is 0.669. The number of pyridine rings is 1. The van der Waals surface area contributed by atoms with Crippen molar-refractivity contribution in [2.75, 3.05) is 0 Å². The zero-order chi connectivity index (χ0) is 32.1. The van der Waals surface area contributed by atoms with Crippen LogP contribution < -0.4 is 0 Å². The molecule has 5 aromatic heterocycles. The third kappa shape index (κ3) is 3.87. The minimum absolute atomic E-state index is 0.669. The highest BCUT2D eigenvalue weighted by Gasteiger charge is 2.26. The number of thiophene rings is 2. The van der Waals surface area contributed by atoms with Crippen molar-refractivity contribution in [2.45, 2.75) is 0 Å². The van der Waals surface area contributed by atoms with Gasteiger partial charge in [-0.3, -0.25) is 4.57 Å². The Balaban J connectivity index is 1.29. The van der Waals surface area contributed by atoms with Gasteiger partial charge in [-0.1, -0.05) is 109 Å². The van der Waals surface area contributed by atoms with E-state index in [1.165, 1.54) is 57.5 Å². The molecule has 11 rings (SSSR count). The number of nitrogens with zero attached hydrogens (tertiary/aromatic N) is 4. The summed E-state index contributed by atoms with van der Waals surface area (Å²) in [7, 11) is 0. The molecule has 0 unspecified atom stereocenters. The minimum Gasteiger partial charge on any atom is -0.276 e. The molecule has 0 radical (unpaired) electrons. The normalized spacial score (nSPS) is 12.1. The van der Waals surface area contributed by atoms with Gasteiger partial charge in [0, 0.05) is 58.9 Å². The Labute approximate surface area is 288 Å². The molecule has 0 aliphatic heterocycles. The van der Waals surface area contributed by atoms with Gasteiger partial charge >= 0.3 is 0 Å². The molecule has 0 fully saturated rings. The second kappa shape index (κ2) is 10.3. The lowest BCUT2D eigenvalue weighted by Gasteiger charge is -2.12. The number of fused-ring (bicyclic) bond motifs is 13. The molecule has 0 saturated heterocycles. The predicted molar refractivity (Wildman–Crippen MR) is 208 cm³/mol. The molecule has 0 amide bonds. The molecule has 11 aromatic rings. The molecule has 0 aliphatic carbocycles. The van der Waals surface area contributed by atoms with E-state index in [1.54, 1.807) is 11.3 Å². The van der Waals surface area contributed by atoms with Crippen LogP contribution in [0.5, 0.6) is 0 Å². The molecule has 0 aliphatic rings. The molecular weight excluding hydrogens is 637 g/mol. The maximum absolute atomic E-state index is 5.45. The lowest BCUT2D eigenvalue weighted by Crippen LogP contribution is -2.03. The van der Waals surface area contributed by atoms with E-state index in [-0.39, 0.29) is 0 Å². The quantitative estimate of drug-likeness (QED) is 0.189. The van der Waals surface area contributed by atoms with Gasteiger partial charge in [0.2, 0.25) is 5.95 Å². The summed E-state index contributed by atoms with van der Waals surface area (Å²) in [6.07, 6.45) is 1.90. The Hall–Kier alpha value is -5.95. The number of hydrogen-bond donors (Lipinski definition) is 0. The number of aromatic nitrogens is 4. The van der Waals surface area contributed by atoms with Gasteiger partial charge < -0.3 is 0 Å². The summed E-state index contributed by atoms with van der Waals surface area (Å²) in [5.41, 5.74) is 7.51. The van der Waals surface area contributed by atoms with Crippen LogP contribution in [0, 0.1) is 0 Å². The molecular formula is C43H24N4S2. The van der Waals surface area contributed by atoms with E-state index in [2.05, 4.69) is 144 Å². The van der Waals surface area contributed by atoms with E-state index in [0.717, 1.165) is 38.0 Å². The van der Waals surface area contributed by atoms with Crippen LogP contribution in [0.2, 0.25) is 0 Å². The molecule has 6 heteroatoms. The summed E-state index contributed by atoms with van der Waals surface area (Å²) in [5, 5.41) is 8.45. The van der Waals surface area contributed by atoms with Gasteiger partial charge in [0.05, 0.1) is 26.9 Å². The van der Waals surface area contributed by atoms with Gasteiger partial charge in [-0.15, -0.1) is 22.7 Å². The van der Waals surface area contributed by atoms with Crippen molar-refractivity contribution in [3.05, 3.63) is 146 Å². The van der Waals surface area contributed by atoms with Crippen molar-refractivity contribution in [3.63, 3.8) is 0 Å². The van der Waals surface area contributed by atoms with Crippen LogP contribution in [0.4, 0.5) is 0 Å². The molecule has 0 saturated carbocycles. The zero-order valence-corrected chi connectivity index (χ0v) is 27.6. The SMILES string of the molecule is c1ccc(-c2ccc(-c3nc(-n4c5ccccc5c5c6c7cccnc7sc6c6c7ccccc7sc6c54)nc4ccccc34)cc2)cc1. The molecule has 49 heavy (non-hydrogen) atoms. The number of para-hydroxylation sites is 2. The van der Waals surface area contributed by atoms with Gasteiger partial charge in [0.1, 0.15) is 4.83 Å². The first kappa shape index (κ1) is 27.0. The lowest BCUT2D eigenvalue weighted by molar-refractivity contribution is 1.02. The van der Waals surface area contributed by atoms with Gasteiger partial charge in [-0.25, -0.2) is 15.0 Å². The van der Waals surface area contributed by atoms with Gasteiger partial charge in [-0.05, 0) is 41.5 Å². The van der Waals surface area contributed by atoms with Crippen LogP contribution in [0.15, 0.2) is 146 Å². The second-order valence-corrected chi connectivity index (χ2v) is 14.4. The first-order valence-corrected chi connectivity index (χ1v) is 17.9. The average Bonchev–Trinajstić information content (AvgIpc) is 3.85. The van der Waals surface area contributed by atoms with E-state index >= 15 is 0 Å². The van der Waals surface area contributed by atoms with E-state index in [4.69, 9.17) is 15.0 Å². The second-order valence-electron chi connectivity index (χ2n) is 12.4. The number of hydrogen-bond acceptors (Lipinski definition) is 5. The van der Waals surface area contributed by atoms with Crippen molar-refractivity contribution in [3.8, 4) is 28.3 Å². The predicted octanol–water partition coefficient (Wildman–Crippen LogP) is 12.2. The molecule has 0 atom stereocenters. The fourth-order valence-corrected chi connectivity index (χ4v) is 10.1. The molecule has 5 heterocycles. The summed E-state index contributed by atoms with van der Waals surface area (Å²) >= 11 is 3.65. The van der Waals surface area contributed by atoms with E-state index in [9.17, 15) is 0 Å². The molecule has 0 spiro atoms. The molecule has 4 nitrogen and oxygen atoms in total. The smallest absolute Gasteiger partial charge is 0.235 e. The van der Waals surface area contributed by atoms with E-state index in [0.29, 0.717) is 5.95 Å². The Morgan fingerprint density at radius 3 is 2.04 bits per heavy atom. The molecule has 6 aromatic carbocycles. The zero-order valence-electron chi connectivity index (χ0n) is 26.0. The Morgan fingerprint density at radius 1 is 0.469 bits per heavy atom. The van der Waals surface area contributed by atoms with Crippen molar-refractivity contribution < 1.29 is 0 Å². The summed E-state index contributed by atoms with van der Waals surface area (Å²) in [6, 6.07) is 49.4. The van der Waals surface area contributed by atoms with Gasteiger partial charge in [0.25, 0.3) is 0 Å². The van der Waals surface area contributed by atoms with Gasteiger partial charge in [0.15, 0.2) is 0 Å². The van der Waals surface area contributed by atoms with Crippen molar-refractivity contribution in [1.29, 1.82) is 0 Å². The minimum atomic E-state index is 0.669. The first-order chi connectivity index (χ1) is 24.3. The van der Waals surface area contributed by atoms with Crippen molar-refractivity contribution in [2.24, 2.45) is 0 Å². The third-order valence-electron chi connectivity index (χ3n) is 9.69. The van der Waals surface area contributed by atoms with Gasteiger partial charge in [-0.2, -0.15) is 0 Å². The van der Waals surface area contributed by atoms with Crippen LogP contribution in [0.3, 0.4) is 0 Å². The summed E-state index contributed by atoms with van der Waals surface area (Å²) in [6.45, 7) is 0. The molecule has 228 valence electrons. The fraction of sp³-hybridized carbons (Fsp3) is 0. The van der Waals surface area contributed by atoms with Crippen LogP contribution in [0.1, 0.15) is 0 Å². The third-order valence-corrected chi connectivity index (χ3v) is 12.0. The lowest BCUT2D eigenvalue weighted by atomic mass is 10.0. The average molecular weight is 661 g/mol. The number of benzene rings is 6. The first-order valence-electron chi connectivity index (χ1n) is 16.3.